The highest BCUT2D eigenvalue weighted by molar-refractivity contribution is 5.83. The maximum absolute atomic E-state index is 12.1. The predicted molar refractivity (Wildman–Crippen MR) is 61.4 cm³/mol. The number of nitrogens with two attached hydrogens (primary N) is 1. The fraction of sp³-hybridized carbons (Fsp3) is 0.727. The SMILES string of the molecule is CC(C)n1ncnc1CC(=O)C1COCC1N. The zero-order valence-electron chi connectivity index (χ0n) is 10.2. The van der Waals surface area contributed by atoms with Crippen molar-refractivity contribution < 1.29 is 9.53 Å². The molecule has 94 valence electrons. The van der Waals surface area contributed by atoms with Gasteiger partial charge in [0.1, 0.15) is 17.9 Å². The van der Waals surface area contributed by atoms with E-state index >= 15 is 0 Å². The molecule has 1 aliphatic heterocycles. The van der Waals surface area contributed by atoms with Crippen molar-refractivity contribution in [1.82, 2.24) is 14.8 Å². The molecule has 6 nitrogen and oxygen atoms in total. The number of hydrogen-bond donors (Lipinski definition) is 1. The summed E-state index contributed by atoms with van der Waals surface area (Å²) in [7, 11) is 0. The van der Waals surface area contributed by atoms with Crippen LogP contribution in [-0.4, -0.2) is 39.8 Å². The van der Waals surface area contributed by atoms with Gasteiger partial charge in [-0.25, -0.2) is 9.67 Å². The first-order valence-corrected chi connectivity index (χ1v) is 5.84. The summed E-state index contributed by atoms with van der Waals surface area (Å²) in [5.74, 6) is 0.585. The van der Waals surface area contributed by atoms with E-state index in [1.54, 1.807) is 4.68 Å². The van der Waals surface area contributed by atoms with Crippen LogP contribution in [0.5, 0.6) is 0 Å². The number of ketones is 1. The van der Waals surface area contributed by atoms with Crippen molar-refractivity contribution in [1.29, 1.82) is 0 Å². The summed E-state index contributed by atoms with van der Waals surface area (Å²) in [4.78, 5) is 16.2. The summed E-state index contributed by atoms with van der Waals surface area (Å²) >= 11 is 0. The molecule has 0 bridgehead atoms. The smallest absolute Gasteiger partial charge is 0.147 e. The number of ether oxygens (including phenoxy) is 1. The highest BCUT2D eigenvalue weighted by Crippen LogP contribution is 2.15. The van der Waals surface area contributed by atoms with Crippen molar-refractivity contribution in [3.63, 3.8) is 0 Å². The van der Waals surface area contributed by atoms with Crippen LogP contribution >= 0.6 is 0 Å². The Kier molecular flexibility index (Phi) is 3.54. The van der Waals surface area contributed by atoms with Crippen LogP contribution < -0.4 is 5.73 Å². The van der Waals surface area contributed by atoms with Gasteiger partial charge >= 0.3 is 0 Å². The predicted octanol–water partition coefficient (Wildman–Crippen LogP) is -0.0557. The molecule has 2 heterocycles. The molecule has 6 heteroatoms. The molecular weight excluding hydrogens is 220 g/mol. The Bertz CT molecular complexity index is 402. The van der Waals surface area contributed by atoms with Crippen LogP contribution in [0.25, 0.3) is 0 Å². The molecule has 0 aliphatic carbocycles. The zero-order valence-corrected chi connectivity index (χ0v) is 10.2. The maximum atomic E-state index is 12.1. The number of carbonyl (C=O) groups excluding carboxylic acids is 1. The molecule has 1 fully saturated rings. The number of Topliss-reactive ketones (excluding diaryl/α,β-unsaturated/α-hetero) is 1. The molecule has 1 aromatic heterocycles. The fourth-order valence-corrected chi connectivity index (χ4v) is 2.02. The highest BCUT2D eigenvalue weighted by Gasteiger charge is 2.31. The summed E-state index contributed by atoms with van der Waals surface area (Å²) in [6.45, 7) is 4.91. The van der Waals surface area contributed by atoms with Gasteiger partial charge in [0.25, 0.3) is 0 Å². The topological polar surface area (TPSA) is 83.0 Å². The third kappa shape index (κ3) is 2.53. The summed E-state index contributed by atoms with van der Waals surface area (Å²) in [6.07, 6.45) is 1.76. The van der Waals surface area contributed by atoms with Gasteiger partial charge < -0.3 is 10.5 Å². The Balaban J connectivity index is 2.05. The van der Waals surface area contributed by atoms with E-state index in [0.717, 1.165) is 0 Å². The number of hydrogen-bond acceptors (Lipinski definition) is 5. The Morgan fingerprint density at radius 2 is 2.41 bits per heavy atom. The number of carbonyl (C=O) groups is 1. The van der Waals surface area contributed by atoms with Gasteiger partial charge in [-0.05, 0) is 13.8 Å². The lowest BCUT2D eigenvalue weighted by atomic mass is 9.97. The van der Waals surface area contributed by atoms with Crippen molar-refractivity contribution in [3.05, 3.63) is 12.2 Å². The average Bonchev–Trinajstić information content (AvgIpc) is 2.86. The average molecular weight is 238 g/mol. The normalized spacial score (nSPS) is 24.5. The van der Waals surface area contributed by atoms with Crippen LogP contribution in [0.2, 0.25) is 0 Å². The number of rotatable bonds is 4. The second kappa shape index (κ2) is 4.93. The van der Waals surface area contributed by atoms with E-state index in [2.05, 4.69) is 10.1 Å². The van der Waals surface area contributed by atoms with Crippen molar-refractivity contribution in [2.45, 2.75) is 32.4 Å². The standard InChI is InChI=1S/C11H18N4O2/c1-7(2)15-11(13-6-14-15)3-10(16)8-4-17-5-9(8)12/h6-9H,3-5,12H2,1-2H3. The lowest BCUT2D eigenvalue weighted by molar-refractivity contribution is -0.122. The van der Waals surface area contributed by atoms with Crippen molar-refractivity contribution in [2.75, 3.05) is 13.2 Å². The highest BCUT2D eigenvalue weighted by atomic mass is 16.5. The number of aromatic nitrogens is 3. The van der Waals surface area contributed by atoms with Gasteiger partial charge in [0, 0.05) is 12.1 Å². The number of nitrogens with zero attached hydrogens (tertiary/aromatic N) is 3. The maximum Gasteiger partial charge on any atom is 0.147 e. The molecule has 2 atom stereocenters. The molecule has 17 heavy (non-hydrogen) atoms. The van der Waals surface area contributed by atoms with Gasteiger partial charge in [-0.15, -0.1) is 0 Å². The van der Waals surface area contributed by atoms with E-state index < -0.39 is 0 Å². The van der Waals surface area contributed by atoms with Gasteiger partial charge in [-0.3, -0.25) is 4.79 Å². The molecule has 0 amide bonds. The Hall–Kier alpha value is -1.27. The lowest BCUT2D eigenvalue weighted by Crippen LogP contribution is -2.35. The molecular formula is C11H18N4O2. The first kappa shape index (κ1) is 12.2. The second-order valence-electron chi connectivity index (χ2n) is 4.67. The third-order valence-corrected chi connectivity index (χ3v) is 3.01. The van der Waals surface area contributed by atoms with E-state index in [9.17, 15) is 4.79 Å². The quantitative estimate of drug-likeness (QED) is 0.794. The van der Waals surface area contributed by atoms with E-state index in [1.807, 2.05) is 13.8 Å². The monoisotopic (exact) mass is 238 g/mol. The summed E-state index contributed by atoms with van der Waals surface area (Å²) in [5.41, 5.74) is 5.82. The first-order chi connectivity index (χ1) is 8.09. The van der Waals surface area contributed by atoms with E-state index in [-0.39, 0.29) is 30.2 Å². The van der Waals surface area contributed by atoms with Crippen molar-refractivity contribution in [2.24, 2.45) is 11.7 Å². The summed E-state index contributed by atoms with van der Waals surface area (Å²) in [6, 6.07) is 0.0201. The van der Waals surface area contributed by atoms with Gasteiger partial charge in [-0.2, -0.15) is 5.10 Å². The molecule has 2 unspecified atom stereocenters. The molecule has 2 N–H and O–H groups in total. The molecule has 0 saturated carbocycles. The van der Waals surface area contributed by atoms with E-state index in [1.165, 1.54) is 6.33 Å². The molecule has 2 rings (SSSR count). The lowest BCUT2D eigenvalue weighted by Gasteiger charge is -2.13. The molecule has 0 spiro atoms. The minimum atomic E-state index is -0.202. The third-order valence-electron chi connectivity index (χ3n) is 3.01. The van der Waals surface area contributed by atoms with Gasteiger partial charge in [0.05, 0.1) is 25.6 Å². The van der Waals surface area contributed by atoms with Gasteiger partial charge in [0.15, 0.2) is 0 Å². The molecule has 1 aromatic rings. The molecule has 0 radical (unpaired) electrons. The Morgan fingerprint density at radius 1 is 1.65 bits per heavy atom. The Morgan fingerprint density at radius 3 is 3.00 bits per heavy atom. The van der Waals surface area contributed by atoms with Crippen molar-refractivity contribution in [3.8, 4) is 0 Å². The molecule has 1 aliphatic rings. The van der Waals surface area contributed by atoms with Crippen LogP contribution in [0.3, 0.4) is 0 Å². The van der Waals surface area contributed by atoms with Crippen molar-refractivity contribution >= 4 is 5.78 Å². The first-order valence-electron chi connectivity index (χ1n) is 5.84. The molecule has 0 aromatic carbocycles. The Labute approximate surface area is 100 Å². The van der Waals surface area contributed by atoms with E-state index in [0.29, 0.717) is 19.0 Å². The van der Waals surface area contributed by atoms with Crippen LogP contribution in [0.1, 0.15) is 25.7 Å². The fourth-order valence-electron chi connectivity index (χ4n) is 2.02. The van der Waals surface area contributed by atoms with Crippen LogP contribution in [0, 0.1) is 5.92 Å². The minimum Gasteiger partial charge on any atom is -0.379 e. The molecule has 1 saturated heterocycles. The summed E-state index contributed by atoms with van der Waals surface area (Å²) in [5, 5.41) is 4.11. The summed E-state index contributed by atoms with van der Waals surface area (Å²) < 4.78 is 6.96. The van der Waals surface area contributed by atoms with Gasteiger partial charge in [0.2, 0.25) is 0 Å². The van der Waals surface area contributed by atoms with Crippen LogP contribution in [-0.2, 0) is 16.0 Å². The zero-order chi connectivity index (χ0) is 12.4. The largest absolute Gasteiger partial charge is 0.379 e. The van der Waals surface area contributed by atoms with E-state index in [4.69, 9.17) is 10.5 Å². The van der Waals surface area contributed by atoms with Crippen LogP contribution in [0.4, 0.5) is 0 Å². The minimum absolute atomic E-state index is 0.0879. The van der Waals surface area contributed by atoms with Crippen LogP contribution in [0.15, 0.2) is 6.33 Å². The van der Waals surface area contributed by atoms with Gasteiger partial charge in [-0.1, -0.05) is 0 Å². The second-order valence-corrected chi connectivity index (χ2v) is 4.67.